The molecule has 4 fully saturated rings. The number of aryl methyl sites for hydroxylation is 1. The molecule has 4 aliphatic heterocycles. The van der Waals surface area contributed by atoms with Crippen molar-refractivity contribution in [3.05, 3.63) is 24.2 Å². The molecular weight excluding hydrogens is 398 g/mol. The number of hydrogen-bond acceptors (Lipinski definition) is 6. The molecule has 2 amide bonds. The molecule has 8 heteroatoms. The molecule has 0 aliphatic carbocycles. The van der Waals surface area contributed by atoms with Crippen LogP contribution < -0.4 is 5.32 Å². The number of carbonyl (C=O) groups excluding carboxylic acids is 2. The first-order chi connectivity index (χ1) is 15.2. The summed E-state index contributed by atoms with van der Waals surface area (Å²) in [5.41, 5.74) is 0. The molecule has 0 saturated carbocycles. The van der Waals surface area contributed by atoms with Crippen LogP contribution in [0.5, 0.6) is 0 Å². The van der Waals surface area contributed by atoms with Crippen LogP contribution in [0.15, 0.2) is 22.8 Å². The molecule has 170 valence electrons. The summed E-state index contributed by atoms with van der Waals surface area (Å²) in [6, 6.07) is 3.63. The van der Waals surface area contributed by atoms with Crippen LogP contribution in [0.25, 0.3) is 0 Å². The molecule has 31 heavy (non-hydrogen) atoms. The molecule has 1 aromatic rings. The van der Waals surface area contributed by atoms with Gasteiger partial charge < -0.3 is 24.1 Å². The Bertz CT molecular complexity index is 763. The van der Waals surface area contributed by atoms with Gasteiger partial charge in [-0.1, -0.05) is 0 Å². The minimum atomic E-state index is -0.370. The first kappa shape index (κ1) is 21.0. The van der Waals surface area contributed by atoms with Gasteiger partial charge in [0.25, 0.3) is 0 Å². The number of nitrogens with one attached hydrogen (secondary N) is 1. The van der Waals surface area contributed by atoms with Gasteiger partial charge in [-0.15, -0.1) is 0 Å². The fourth-order valence-electron chi connectivity index (χ4n) is 6.00. The number of likely N-dealkylation sites (tertiary alicyclic amines) is 1. The Labute approximate surface area is 183 Å². The Balaban J connectivity index is 1.25. The van der Waals surface area contributed by atoms with E-state index >= 15 is 0 Å². The number of carbonyl (C=O) groups is 2. The Hall–Kier alpha value is -1.90. The number of furan rings is 1. The average Bonchev–Trinajstić information content (AvgIpc) is 3.46. The summed E-state index contributed by atoms with van der Waals surface area (Å²) in [5.74, 6) is 1.66. The highest BCUT2D eigenvalue weighted by atomic mass is 16.7. The lowest BCUT2D eigenvalue weighted by atomic mass is 9.71. The molecule has 0 radical (unpaired) electrons. The molecular formula is C23H33N3O5. The number of piperidine rings is 3. The molecule has 4 atom stereocenters. The lowest BCUT2D eigenvalue weighted by Crippen LogP contribution is -2.68. The van der Waals surface area contributed by atoms with Gasteiger partial charge in [-0.2, -0.15) is 0 Å². The fraction of sp³-hybridized carbons (Fsp3) is 0.739. The molecule has 4 aliphatic rings. The first-order valence-corrected chi connectivity index (χ1v) is 11.8. The van der Waals surface area contributed by atoms with E-state index in [1.807, 2.05) is 17.0 Å². The smallest absolute Gasteiger partial charge is 0.243 e. The number of hydrogen-bond donors (Lipinski definition) is 1. The number of fused-ring (bicyclic) bond motifs is 4. The fourth-order valence-corrected chi connectivity index (χ4v) is 6.00. The first-order valence-electron chi connectivity index (χ1n) is 11.8. The molecule has 1 N–H and O–H groups in total. The van der Waals surface area contributed by atoms with Crippen LogP contribution in [0, 0.1) is 11.8 Å². The van der Waals surface area contributed by atoms with Crippen molar-refractivity contribution in [2.24, 2.45) is 11.8 Å². The van der Waals surface area contributed by atoms with Gasteiger partial charge >= 0.3 is 0 Å². The van der Waals surface area contributed by atoms with Crippen LogP contribution in [-0.2, 0) is 25.5 Å². The van der Waals surface area contributed by atoms with Crippen molar-refractivity contribution < 1.29 is 23.5 Å². The Morgan fingerprint density at radius 1 is 1.19 bits per heavy atom. The third kappa shape index (κ3) is 4.52. The highest BCUT2D eigenvalue weighted by Gasteiger charge is 2.52. The van der Waals surface area contributed by atoms with Crippen LogP contribution in [0.2, 0.25) is 0 Å². The SMILES string of the molecule is O=C(NCCCc1ccco1)[C@H]1[C@H]2C[C@H](CN(CC3OCCO3)C2)[C@@H]2CCCC(=O)N21. The summed E-state index contributed by atoms with van der Waals surface area (Å²) >= 11 is 0. The van der Waals surface area contributed by atoms with Crippen molar-refractivity contribution in [1.29, 1.82) is 0 Å². The van der Waals surface area contributed by atoms with Crippen molar-refractivity contribution in [3.63, 3.8) is 0 Å². The van der Waals surface area contributed by atoms with Gasteiger partial charge in [-0.05, 0) is 43.7 Å². The Kier molecular flexibility index (Phi) is 6.29. The van der Waals surface area contributed by atoms with Crippen molar-refractivity contribution in [2.45, 2.75) is 56.9 Å². The number of nitrogens with zero attached hydrogens (tertiary/aromatic N) is 2. The minimum absolute atomic E-state index is 0.00152. The van der Waals surface area contributed by atoms with Crippen molar-refractivity contribution >= 4 is 11.8 Å². The van der Waals surface area contributed by atoms with Crippen molar-refractivity contribution in [1.82, 2.24) is 15.1 Å². The largest absolute Gasteiger partial charge is 0.469 e. The maximum atomic E-state index is 13.3. The summed E-state index contributed by atoms with van der Waals surface area (Å²) in [6.07, 6.45) is 6.61. The van der Waals surface area contributed by atoms with E-state index < -0.39 is 0 Å². The van der Waals surface area contributed by atoms with Gasteiger partial charge in [0, 0.05) is 51.0 Å². The zero-order valence-corrected chi connectivity index (χ0v) is 18.0. The van der Waals surface area contributed by atoms with Gasteiger partial charge in [0.1, 0.15) is 11.8 Å². The van der Waals surface area contributed by atoms with Crippen LogP contribution in [-0.4, -0.2) is 79.4 Å². The van der Waals surface area contributed by atoms with Crippen LogP contribution in [0.1, 0.15) is 37.9 Å². The third-order valence-electron chi connectivity index (χ3n) is 7.26. The lowest BCUT2D eigenvalue weighted by Gasteiger charge is -2.56. The summed E-state index contributed by atoms with van der Waals surface area (Å²) in [4.78, 5) is 30.6. The maximum Gasteiger partial charge on any atom is 0.243 e. The quantitative estimate of drug-likeness (QED) is 0.657. The van der Waals surface area contributed by atoms with E-state index in [-0.39, 0.29) is 36.1 Å². The number of rotatable bonds is 7. The second-order valence-electron chi connectivity index (χ2n) is 9.32. The summed E-state index contributed by atoms with van der Waals surface area (Å²) in [7, 11) is 0. The van der Waals surface area contributed by atoms with Crippen LogP contribution in [0.4, 0.5) is 0 Å². The van der Waals surface area contributed by atoms with E-state index in [1.165, 1.54) is 0 Å². The number of amides is 2. The highest BCUT2D eigenvalue weighted by Crippen LogP contribution is 2.41. The van der Waals surface area contributed by atoms with E-state index in [4.69, 9.17) is 13.9 Å². The Morgan fingerprint density at radius 3 is 2.84 bits per heavy atom. The minimum Gasteiger partial charge on any atom is -0.469 e. The standard InChI is InChI=1S/C23H33N3O5/c27-20-7-1-6-19-16-12-17(14-25(13-16)15-21-30-10-11-31-21)22(26(19)20)23(28)24-8-2-4-18-5-3-9-29-18/h3,5,9,16-17,19,21-22H,1-2,4,6-8,10-15H2,(H,24,28)/t16-,17+,19+,22-/m1/s1. The van der Waals surface area contributed by atoms with Gasteiger partial charge in [-0.3, -0.25) is 14.5 Å². The maximum absolute atomic E-state index is 13.3. The van der Waals surface area contributed by atoms with E-state index in [1.54, 1.807) is 6.26 Å². The van der Waals surface area contributed by atoms with Gasteiger partial charge in [0.2, 0.25) is 11.8 Å². The van der Waals surface area contributed by atoms with Gasteiger partial charge in [0.05, 0.1) is 19.5 Å². The zero-order valence-electron chi connectivity index (χ0n) is 18.0. The van der Waals surface area contributed by atoms with Gasteiger partial charge in [-0.25, -0.2) is 0 Å². The lowest BCUT2D eigenvalue weighted by molar-refractivity contribution is -0.162. The molecule has 4 saturated heterocycles. The van der Waals surface area contributed by atoms with Crippen molar-refractivity contribution in [3.8, 4) is 0 Å². The normalized spacial score (nSPS) is 31.6. The topological polar surface area (TPSA) is 84.3 Å². The predicted octanol–water partition coefficient (Wildman–Crippen LogP) is 1.40. The summed E-state index contributed by atoms with van der Waals surface area (Å²) in [6.45, 7) is 4.39. The number of ether oxygens (including phenoxy) is 2. The summed E-state index contributed by atoms with van der Waals surface area (Å²) < 4.78 is 16.7. The second-order valence-corrected chi connectivity index (χ2v) is 9.32. The Morgan fingerprint density at radius 2 is 2.03 bits per heavy atom. The van der Waals surface area contributed by atoms with Crippen LogP contribution in [0.3, 0.4) is 0 Å². The predicted molar refractivity (Wildman–Crippen MR) is 112 cm³/mol. The molecule has 5 heterocycles. The molecule has 8 nitrogen and oxygen atoms in total. The molecule has 0 spiro atoms. The van der Waals surface area contributed by atoms with E-state index in [2.05, 4.69) is 10.2 Å². The molecule has 0 aromatic carbocycles. The molecule has 2 bridgehead atoms. The van der Waals surface area contributed by atoms with Crippen LogP contribution >= 0.6 is 0 Å². The average molecular weight is 432 g/mol. The van der Waals surface area contributed by atoms with E-state index in [9.17, 15) is 9.59 Å². The van der Waals surface area contributed by atoms with Crippen molar-refractivity contribution in [2.75, 3.05) is 39.4 Å². The zero-order chi connectivity index (χ0) is 21.2. The highest BCUT2D eigenvalue weighted by molar-refractivity contribution is 5.89. The van der Waals surface area contributed by atoms with E-state index in [0.29, 0.717) is 32.1 Å². The third-order valence-corrected chi connectivity index (χ3v) is 7.26. The molecule has 0 unspecified atom stereocenters. The van der Waals surface area contributed by atoms with E-state index in [0.717, 1.165) is 57.5 Å². The second kappa shape index (κ2) is 9.30. The molecule has 1 aromatic heterocycles. The summed E-state index contributed by atoms with van der Waals surface area (Å²) in [5, 5.41) is 3.12. The van der Waals surface area contributed by atoms with Gasteiger partial charge in [0.15, 0.2) is 6.29 Å². The molecule has 5 rings (SSSR count). The monoisotopic (exact) mass is 431 g/mol.